The van der Waals surface area contributed by atoms with Gasteiger partial charge in [-0.3, -0.25) is 4.79 Å². The lowest BCUT2D eigenvalue weighted by Gasteiger charge is -2.29. The molecule has 1 heterocycles. The van der Waals surface area contributed by atoms with Gasteiger partial charge in [-0.2, -0.15) is 0 Å². The molecule has 1 aliphatic rings. The van der Waals surface area contributed by atoms with Crippen LogP contribution in [-0.2, 0) is 40.4 Å². The summed E-state index contributed by atoms with van der Waals surface area (Å²) in [6.07, 6.45) is -0.972. The number of carbonyl (C=O) groups excluding carboxylic acids is 1. The summed E-state index contributed by atoms with van der Waals surface area (Å²) in [5.74, 6) is -1.42. The lowest BCUT2D eigenvalue weighted by Crippen LogP contribution is -2.34. The molecular weight excluding hydrogens is 508 g/mol. The zero-order valence-electron chi connectivity index (χ0n) is 19.9. The lowest BCUT2D eigenvalue weighted by atomic mass is 9.90. The molecule has 194 valence electrons. The Labute approximate surface area is 217 Å². The quantitative estimate of drug-likeness (QED) is 0.360. The van der Waals surface area contributed by atoms with Gasteiger partial charge in [0.15, 0.2) is 0 Å². The Morgan fingerprint density at radius 3 is 2.57 bits per heavy atom. The van der Waals surface area contributed by atoms with E-state index in [4.69, 9.17) is 25.9 Å². The predicted octanol–water partition coefficient (Wildman–Crippen LogP) is 5.94. The molecule has 0 saturated carbocycles. The maximum absolute atomic E-state index is 14.7. The van der Waals surface area contributed by atoms with Crippen LogP contribution in [0.3, 0.4) is 0 Å². The first-order valence-corrected chi connectivity index (χ1v) is 11.9. The third kappa shape index (κ3) is 6.36. The Bertz CT molecular complexity index is 1330. The fourth-order valence-corrected chi connectivity index (χ4v) is 4.41. The number of ether oxygens (including phenoxy) is 2. The SMILES string of the molecule is CCOc1ccc(CC(=O)O)cc1-c1ccc(F)c2c1CN(OC(=O)OCc1cc(Cl)ccc1F)CC2. The summed E-state index contributed by atoms with van der Waals surface area (Å²) in [6.45, 7) is 2.10. The number of carboxylic acid groups (broad SMARTS) is 1. The Kier molecular flexibility index (Phi) is 8.25. The molecule has 10 heteroatoms. The molecular formula is C27H24ClF2NO6. The first kappa shape index (κ1) is 26.4. The van der Waals surface area contributed by atoms with Gasteiger partial charge in [0, 0.05) is 22.7 Å². The van der Waals surface area contributed by atoms with Crippen molar-refractivity contribution in [1.29, 1.82) is 0 Å². The van der Waals surface area contributed by atoms with Crippen LogP contribution in [0.5, 0.6) is 5.75 Å². The van der Waals surface area contributed by atoms with Crippen molar-refractivity contribution in [1.82, 2.24) is 5.06 Å². The number of benzene rings is 3. The van der Waals surface area contributed by atoms with Gasteiger partial charge in [0.05, 0.1) is 19.6 Å². The summed E-state index contributed by atoms with van der Waals surface area (Å²) in [6, 6.07) is 11.9. The van der Waals surface area contributed by atoms with Crippen molar-refractivity contribution in [2.24, 2.45) is 0 Å². The van der Waals surface area contributed by atoms with Crippen molar-refractivity contribution in [2.75, 3.05) is 13.2 Å². The summed E-state index contributed by atoms with van der Waals surface area (Å²) in [5, 5.41) is 10.9. The number of hydroxylamine groups is 2. The number of rotatable bonds is 8. The third-order valence-corrected chi connectivity index (χ3v) is 6.10. The summed E-state index contributed by atoms with van der Waals surface area (Å²) in [4.78, 5) is 28.9. The van der Waals surface area contributed by atoms with E-state index in [-0.39, 0.29) is 38.1 Å². The number of carbonyl (C=O) groups is 2. The molecule has 0 amide bonds. The molecule has 0 saturated heterocycles. The van der Waals surface area contributed by atoms with E-state index in [9.17, 15) is 23.5 Å². The smallest absolute Gasteiger partial charge is 0.493 e. The molecule has 4 rings (SSSR count). The Morgan fingerprint density at radius 1 is 1.03 bits per heavy atom. The van der Waals surface area contributed by atoms with Gasteiger partial charge in [-0.1, -0.05) is 23.7 Å². The minimum atomic E-state index is -1.04. The van der Waals surface area contributed by atoms with Crippen LogP contribution in [-0.4, -0.2) is 35.4 Å². The minimum Gasteiger partial charge on any atom is -0.493 e. The van der Waals surface area contributed by atoms with E-state index in [1.807, 2.05) is 6.92 Å². The number of carboxylic acids is 1. The molecule has 1 aliphatic heterocycles. The first-order valence-electron chi connectivity index (χ1n) is 11.6. The van der Waals surface area contributed by atoms with E-state index in [2.05, 4.69) is 0 Å². The molecule has 3 aromatic rings. The Hall–Kier alpha value is -3.69. The number of nitrogens with zero attached hydrogens (tertiary/aromatic N) is 1. The third-order valence-electron chi connectivity index (χ3n) is 5.87. The van der Waals surface area contributed by atoms with Crippen LogP contribution in [0, 0.1) is 11.6 Å². The molecule has 1 N–H and O–H groups in total. The van der Waals surface area contributed by atoms with Gasteiger partial charge in [0.25, 0.3) is 0 Å². The number of aliphatic carboxylic acids is 1. The Balaban J connectivity index is 1.56. The van der Waals surface area contributed by atoms with Crippen molar-refractivity contribution >= 4 is 23.7 Å². The average molecular weight is 532 g/mol. The molecule has 0 bridgehead atoms. The molecule has 3 aromatic carbocycles. The highest BCUT2D eigenvalue weighted by Crippen LogP contribution is 2.38. The topological polar surface area (TPSA) is 85.3 Å². The van der Waals surface area contributed by atoms with Gasteiger partial charge in [0.2, 0.25) is 0 Å². The van der Waals surface area contributed by atoms with Crippen LogP contribution in [0.4, 0.5) is 13.6 Å². The maximum atomic E-state index is 14.7. The predicted molar refractivity (Wildman–Crippen MR) is 131 cm³/mol. The van der Waals surface area contributed by atoms with Gasteiger partial charge < -0.3 is 19.4 Å². The van der Waals surface area contributed by atoms with E-state index in [1.165, 1.54) is 29.3 Å². The van der Waals surface area contributed by atoms with Crippen LogP contribution in [0.1, 0.15) is 29.2 Å². The van der Waals surface area contributed by atoms with Crippen molar-refractivity contribution in [3.8, 4) is 16.9 Å². The average Bonchev–Trinajstić information content (AvgIpc) is 2.86. The van der Waals surface area contributed by atoms with Crippen molar-refractivity contribution < 1.29 is 37.8 Å². The second kappa shape index (κ2) is 11.6. The standard InChI is InChI=1S/C27H24ClF2NO6/c1-2-35-25-8-3-16(12-26(32)33)11-21(25)19-5-7-24(30)20-9-10-31(14-22(19)20)37-27(34)36-15-17-13-18(28)4-6-23(17)29/h3-8,11,13H,2,9-10,12,14-15H2,1H3,(H,32,33). The fraction of sp³-hybridized carbons (Fsp3) is 0.259. The summed E-state index contributed by atoms with van der Waals surface area (Å²) in [5.41, 5.74) is 2.95. The highest BCUT2D eigenvalue weighted by Gasteiger charge is 2.27. The van der Waals surface area contributed by atoms with Crippen LogP contribution in [0.25, 0.3) is 11.1 Å². The molecule has 0 spiro atoms. The molecule has 37 heavy (non-hydrogen) atoms. The van der Waals surface area contributed by atoms with Gasteiger partial charge in [-0.15, -0.1) is 5.06 Å². The highest BCUT2D eigenvalue weighted by atomic mass is 35.5. The lowest BCUT2D eigenvalue weighted by molar-refractivity contribution is -0.139. The van der Waals surface area contributed by atoms with Gasteiger partial charge in [0.1, 0.15) is 24.0 Å². The van der Waals surface area contributed by atoms with Crippen LogP contribution in [0.2, 0.25) is 5.02 Å². The van der Waals surface area contributed by atoms with Gasteiger partial charge in [-0.25, -0.2) is 13.6 Å². The number of halogens is 3. The molecule has 0 atom stereocenters. The number of hydrogen-bond donors (Lipinski definition) is 1. The molecule has 0 radical (unpaired) electrons. The molecule has 0 unspecified atom stereocenters. The monoisotopic (exact) mass is 531 g/mol. The van der Waals surface area contributed by atoms with Gasteiger partial charge >= 0.3 is 12.1 Å². The zero-order chi connectivity index (χ0) is 26.5. The van der Waals surface area contributed by atoms with E-state index in [0.29, 0.717) is 45.2 Å². The normalized spacial score (nSPS) is 13.1. The maximum Gasteiger partial charge on any atom is 0.528 e. The molecule has 0 aliphatic carbocycles. The summed E-state index contributed by atoms with van der Waals surface area (Å²) >= 11 is 5.86. The van der Waals surface area contributed by atoms with E-state index >= 15 is 0 Å². The van der Waals surface area contributed by atoms with E-state index < -0.39 is 23.8 Å². The molecule has 0 fully saturated rings. The van der Waals surface area contributed by atoms with Crippen molar-refractivity contribution in [3.05, 3.63) is 87.4 Å². The van der Waals surface area contributed by atoms with E-state index in [1.54, 1.807) is 24.3 Å². The Morgan fingerprint density at radius 2 is 1.81 bits per heavy atom. The van der Waals surface area contributed by atoms with Crippen molar-refractivity contribution in [3.63, 3.8) is 0 Å². The largest absolute Gasteiger partial charge is 0.528 e. The van der Waals surface area contributed by atoms with Crippen molar-refractivity contribution in [2.45, 2.75) is 32.9 Å². The highest BCUT2D eigenvalue weighted by molar-refractivity contribution is 6.30. The van der Waals surface area contributed by atoms with E-state index in [0.717, 1.165) is 0 Å². The summed E-state index contributed by atoms with van der Waals surface area (Å²) < 4.78 is 39.4. The zero-order valence-corrected chi connectivity index (χ0v) is 20.7. The molecule has 7 nitrogen and oxygen atoms in total. The second-order valence-corrected chi connectivity index (χ2v) is 8.80. The van der Waals surface area contributed by atoms with Crippen LogP contribution in [0.15, 0.2) is 48.5 Å². The van der Waals surface area contributed by atoms with Crippen LogP contribution < -0.4 is 4.74 Å². The van der Waals surface area contributed by atoms with Gasteiger partial charge in [-0.05, 0) is 72.0 Å². The summed E-state index contributed by atoms with van der Waals surface area (Å²) in [7, 11) is 0. The second-order valence-electron chi connectivity index (χ2n) is 8.37. The number of hydrogen-bond acceptors (Lipinski definition) is 6. The first-order chi connectivity index (χ1) is 17.7. The van der Waals surface area contributed by atoms with Crippen LogP contribution >= 0.6 is 11.6 Å². The molecule has 0 aromatic heterocycles. The minimum absolute atomic E-state index is 0.0533. The fourth-order valence-electron chi connectivity index (χ4n) is 4.21. The number of fused-ring (bicyclic) bond motifs is 1.